The van der Waals surface area contributed by atoms with Crippen molar-refractivity contribution in [2.24, 2.45) is 5.92 Å². The number of carboxylic acids is 1. The number of carbonyl (C=O) groups is 5. The second kappa shape index (κ2) is 14.0. The minimum atomic E-state index is -1.21. The Morgan fingerprint density at radius 1 is 0.940 bits per heavy atom. The summed E-state index contributed by atoms with van der Waals surface area (Å²) in [6, 6.07) is 15.7. The molecule has 3 amide bonds. The number of anilines is 1. The van der Waals surface area contributed by atoms with Gasteiger partial charge in [-0.1, -0.05) is 6.07 Å². The standard InChI is InChI=1S/C37H37N5O8/c1-40(2)24-10-13-27-30(18-24)49-31-19-25(41(3)4)11-14-28(31)34(27)26-12-7-22(17-29(26)36(46)47)35(45)38-20-39-50-37(48)21-5-8-23(9-6-21)42-32(43)15-16-33(42)44/h7,10-19,21,23,39H,5-6,8-9,20H2,1-4H3,(H-,38,45,46,47)/p+1. The summed E-state index contributed by atoms with van der Waals surface area (Å²) in [7, 11) is 7.70. The molecule has 2 aliphatic carbocycles. The zero-order valence-corrected chi connectivity index (χ0v) is 28.2. The summed E-state index contributed by atoms with van der Waals surface area (Å²) < 4.78 is 8.31. The first-order valence-electron chi connectivity index (χ1n) is 16.3. The number of nitrogens with zero attached hydrogens (tertiary/aromatic N) is 3. The van der Waals surface area contributed by atoms with Gasteiger partial charge in [-0.2, -0.15) is 0 Å². The zero-order valence-electron chi connectivity index (χ0n) is 28.2. The van der Waals surface area contributed by atoms with E-state index in [-0.39, 0.29) is 35.7 Å². The van der Waals surface area contributed by atoms with Crippen LogP contribution in [0.15, 0.2) is 71.2 Å². The summed E-state index contributed by atoms with van der Waals surface area (Å²) in [6.07, 6.45) is 4.40. The van der Waals surface area contributed by atoms with Gasteiger partial charge in [0.1, 0.15) is 32.1 Å². The van der Waals surface area contributed by atoms with Crippen LogP contribution in [0.2, 0.25) is 0 Å². The second-order valence-corrected chi connectivity index (χ2v) is 12.8. The first-order chi connectivity index (χ1) is 23.9. The number of carboxylic acid groups (broad SMARTS) is 1. The van der Waals surface area contributed by atoms with Crippen LogP contribution in [0.4, 0.5) is 5.69 Å². The monoisotopic (exact) mass is 680 g/mol. The number of rotatable bonds is 9. The fraction of sp³-hybridized carbons (Fsp3) is 0.297. The van der Waals surface area contributed by atoms with Gasteiger partial charge in [0.05, 0.1) is 17.5 Å². The topological polar surface area (TPSA) is 162 Å². The molecule has 0 radical (unpaired) electrons. The van der Waals surface area contributed by atoms with Gasteiger partial charge < -0.3 is 24.6 Å². The van der Waals surface area contributed by atoms with Crippen molar-refractivity contribution in [3.05, 3.63) is 83.2 Å². The Morgan fingerprint density at radius 3 is 2.30 bits per heavy atom. The lowest BCUT2D eigenvalue weighted by molar-refractivity contribution is -0.158. The maximum absolute atomic E-state index is 13.1. The van der Waals surface area contributed by atoms with Gasteiger partial charge in [-0.25, -0.2) is 9.37 Å². The van der Waals surface area contributed by atoms with Crippen LogP contribution in [0, 0.1) is 5.92 Å². The molecule has 1 fully saturated rings. The first-order valence-corrected chi connectivity index (χ1v) is 16.3. The minimum absolute atomic E-state index is 0.0667. The Hall–Kier alpha value is -5.82. The molecule has 13 heteroatoms. The van der Waals surface area contributed by atoms with Crippen molar-refractivity contribution in [2.75, 3.05) is 39.8 Å². The van der Waals surface area contributed by atoms with E-state index in [2.05, 4.69) is 10.8 Å². The predicted molar refractivity (Wildman–Crippen MR) is 185 cm³/mol. The third kappa shape index (κ3) is 6.72. The van der Waals surface area contributed by atoms with Gasteiger partial charge in [0.25, 0.3) is 17.7 Å². The molecule has 0 saturated heterocycles. The lowest BCUT2D eigenvalue weighted by Crippen LogP contribution is -2.43. The van der Waals surface area contributed by atoms with E-state index in [9.17, 15) is 29.1 Å². The Bertz CT molecular complexity index is 2090. The fourth-order valence-electron chi connectivity index (χ4n) is 6.54. The lowest BCUT2D eigenvalue weighted by Gasteiger charge is -2.32. The third-order valence-corrected chi connectivity index (χ3v) is 9.24. The maximum atomic E-state index is 13.1. The number of hydrogen-bond donors (Lipinski definition) is 3. The van der Waals surface area contributed by atoms with Crippen LogP contribution in [0.1, 0.15) is 46.4 Å². The van der Waals surface area contributed by atoms with Gasteiger partial charge in [-0.05, 0) is 61.6 Å². The van der Waals surface area contributed by atoms with Crippen LogP contribution >= 0.6 is 0 Å². The molecule has 50 heavy (non-hydrogen) atoms. The summed E-state index contributed by atoms with van der Waals surface area (Å²) in [5.41, 5.74) is 5.80. The Labute approximate surface area is 287 Å². The molecule has 2 aromatic carbocycles. The van der Waals surface area contributed by atoms with Gasteiger partial charge in [0.15, 0.2) is 0 Å². The van der Waals surface area contributed by atoms with E-state index in [1.807, 2.05) is 74.1 Å². The molecule has 0 spiro atoms. The van der Waals surface area contributed by atoms with Crippen molar-refractivity contribution in [3.8, 4) is 22.5 Å². The molecule has 3 N–H and O–H groups in total. The van der Waals surface area contributed by atoms with Crippen LogP contribution < -0.4 is 25.6 Å². The highest BCUT2D eigenvalue weighted by atomic mass is 16.7. The van der Waals surface area contributed by atoms with Crippen LogP contribution in [0.3, 0.4) is 0 Å². The highest BCUT2D eigenvalue weighted by Gasteiger charge is 2.36. The number of imide groups is 1. The summed E-state index contributed by atoms with van der Waals surface area (Å²) in [5, 5.41) is 14.6. The molecular formula is C37H38N5O8+. The van der Waals surface area contributed by atoms with Crippen molar-refractivity contribution in [1.29, 1.82) is 0 Å². The quantitative estimate of drug-likeness (QED) is 0.0598. The molecule has 258 valence electrons. The molecule has 0 bridgehead atoms. The fourth-order valence-corrected chi connectivity index (χ4v) is 6.54. The lowest BCUT2D eigenvalue weighted by atomic mass is 9.85. The smallest absolute Gasteiger partial charge is 0.336 e. The van der Waals surface area contributed by atoms with E-state index in [0.717, 1.165) is 22.0 Å². The van der Waals surface area contributed by atoms with E-state index in [1.54, 1.807) is 12.1 Å². The molecule has 0 atom stereocenters. The molecule has 0 unspecified atom stereocenters. The number of nitrogens with one attached hydrogen (secondary N) is 2. The highest BCUT2D eigenvalue weighted by Crippen LogP contribution is 2.42. The SMILES string of the molecule is CN(C)c1ccc2c(-c3ccc(C(=O)NCNOC(=O)C4CCC(N5C(=O)C=CC5=O)CC4)cc3C(=O)O)c3ccc(=[N+](C)C)cc-3oc2c1. The molecular weight excluding hydrogens is 642 g/mol. The summed E-state index contributed by atoms with van der Waals surface area (Å²) in [5.74, 6) is -2.78. The summed E-state index contributed by atoms with van der Waals surface area (Å²) in [6.45, 7) is -0.218. The van der Waals surface area contributed by atoms with E-state index in [0.29, 0.717) is 48.2 Å². The molecule has 4 aliphatic rings. The van der Waals surface area contributed by atoms with Crippen molar-refractivity contribution >= 4 is 46.3 Å². The molecule has 2 aliphatic heterocycles. The van der Waals surface area contributed by atoms with E-state index in [4.69, 9.17) is 9.25 Å². The minimum Gasteiger partial charge on any atom is -0.478 e. The average Bonchev–Trinajstić information content (AvgIpc) is 3.44. The van der Waals surface area contributed by atoms with Gasteiger partial charge in [-0.15, -0.1) is 5.48 Å². The molecule has 2 heterocycles. The number of fused-ring (bicyclic) bond motifs is 2. The number of carbonyl (C=O) groups excluding carboxylic acids is 4. The summed E-state index contributed by atoms with van der Waals surface area (Å²) in [4.78, 5) is 70.6. The van der Waals surface area contributed by atoms with Gasteiger partial charge in [-0.3, -0.25) is 24.1 Å². The highest BCUT2D eigenvalue weighted by molar-refractivity contribution is 6.13. The molecule has 0 aromatic heterocycles. The van der Waals surface area contributed by atoms with Gasteiger partial charge >= 0.3 is 11.9 Å². The molecule has 13 nitrogen and oxygen atoms in total. The van der Waals surface area contributed by atoms with Gasteiger partial charge in [0.2, 0.25) is 5.36 Å². The number of aromatic carboxylic acids is 1. The Morgan fingerprint density at radius 2 is 1.64 bits per heavy atom. The number of hydroxylamine groups is 1. The Balaban J connectivity index is 1.17. The number of amides is 3. The zero-order chi connectivity index (χ0) is 35.7. The normalized spacial score (nSPS) is 17.3. The van der Waals surface area contributed by atoms with Crippen molar-refractivity contribution < 1.29 is 38.3 Å². The van der Waals surface area contributed by atoms with Crippen LogP contribution in [0.25, 0.3) is 33.4 Å². The predicted octanol–water partition coefficient (Wildman–Crippen LogP) is 3.22. The van der Waals surface area contributed by atoms with Crippen LogP contribution in [-0.4, -0.2) is 80.6 Å². The van der Waals surface area contributed by atoms with E-state index >= 15 is 0 Å². The van der Waals surface area contributed by atoms with Gasteiger partial charge in [0, 0.05) is 72.2 Å². The largest absolute Gasteiger partial charge is 0.478 e. The van der Waals surface area contributed by atoms with Crippen LogP contribution in [-0.2, 0) is 19.2 Å². The maximum Gasteiger partial charge on any atom is 0.336 e. The van der Waals surface area contributed by atoms with E-state index in [1.165, 1.54) is 23.1 Å². The van der Waals surface area contributed by atoms with E-state index < -0.39 is 23.8 Å². The molecule has 2 aromatic rings. The van der Waals surface area contributed by atoms with Crippen molar-refractivity contribution in [1.82, 2.24) is 20.3 Å². The van der Waals surface area contributed by atoms with Crippen LogP contribution in [0.5, 0.6) is 0 Å². The number of benzene rings is 3. The van der Waals surface area contributed by atoms with Crippen molar-refractivity contribution in [3.63, 3.8) is 0 Å². The van der Waals surface area contributed by atoms with Crippen molar-refractivity contribution in [2.45, 2.75) is 31.7 Å². The molecule has 6 rings (SSSR count). The second-order valence-electron chi connectivity index (χ2n) is 12.8. The summed E-state index contributed by atoms with van der Waals surface area (Å²) >= 11 is 0. The average molecular weight is 681 g/mol. The number of hydrogen-bond acceptors (Lipinski definition) is 9. The first kappa shape index (κ1) is 34.1. The Kier molecular flexibility index (Phi) is 9.51. The molecule has 1 saturated carbocycles. The third-order valence-electron chi connectivity index (χ3n) is 9.24.